The summed E-state index contributed by atoms with van der Waals surface area (Å²) >= 11 is 0. The molecular weight excluding hydrogens is 288 g/mol. The number of rotatable bonds is 15. The quantitative estimate of drug-likeness (QED) is 0.442. The molecule has 0 saturated heterocycles. The van der Waals surface area contributed by atoms with Crippen LogP contribution in [0.4, 0.5) is 4.79 Å². The van der Waals surface area contributed by atoms with Gasteiger partial charge in [0, 0.05) is 33.0 Å². The number of ether oxygens (including phenoxy) is 4. The summed E-state index contributed by atoms with van der Waals surface area (Å²) in [5, 5.41) is 2.68. The van der Waals surface area contributed by atoms with Crippen LogP contribution in [0.15, 0.2) is 0 Å². The Morgan fingerprint density at radius 1 is 1.05 bits per heavy atom. The standard InChI is InChI=1S/C15H32N2O5/c1-3-19-12-14(21-4-2)13-22-15(18)17-9-7-11-20-10-6-5-8-16/h14H,3-13,16H2,1-2H3,(H,17,18). The number of unbranched alkanes of at least 4 members (excludes halogenated alkanes) is 1. The van der Waals surface area contributed by atoms with E-state index in [1.54, 1.807) is 0 Å². The predicted octanol–water partition coefficient (Wildman–Crippen LogP) is 1.30. The number of hydrogen-bond acceptors (Lipinski definition) is 6. The van der Waals surface area contributed by atoms with Crippen LogP contribution in [0.25, 0.3) is 0 Å². The second-order valence-corrected chi connectivity index (χ2v) is 4.72. The van der Waals surface area contributed by atoms with Crippen molar-refractivity contribution in [3.8, 4) is 0 Å². The molecule has 0 rings (SSSR count). The van der Waals surface area contributed by atoms with Gasteiger partial charge in [-0.1, -0.05) is 0 Å². The molecule has 7 nitrogen and oxygen atoms in total. The first-order valence-corrected chi connectivity index (χ1v) is 8.12. The van der Waals surface area contributed by atoms with Gasteiger partial charge in [0.15, 0.2) is 0 Å². The maximum Gasteiger partial charge on any atom is 0.407 e. The lowest BCUT2D eigenvalue weighted by Gasteiger charge is -2.17. The minimum atomic E-state index is -0.440. The fourth-order valence-corrected chi connectivity index (χ4v) is 1.66. The highest BCUT2D eigenvalue weighted by Gasteiger charge is 2.11. The second-order valence-electron chi connectivity index (χ2n) is 4.72. The molecular formula is C15H32N2O5. The molecule has 22 heavy (non-hydrogen) atoms. The Labute approximate surface area is 133 Å². The zero-order valence-electron chi connectivity index (χ0n) is 14.0. The van der Waals surface area contributed by atoms with Crippen molar-refractivity contribution >= 4 is 6.09 Å². The van der Waals surface area contributed by atoms with Crippen LogP contribution in [0.1, 0.15) is 33.1 Å². The first-order chi connectivity index (χ1) is 10.7. The van der Waals surface area contributed by atoms with Gasteiger partial charge in [0.2, 0.25) is 0 Å². The van der Waals surface area contributed by atoms with Crippen LogP contribution in [-0.2, 0) is 18.9 Å². The van der Waals surface area contributed by atoms with Crippen LogP contribution in [0.5, 0.6) is 0 Å². The molecule has 0 aromatic carbocycles. The maximum absolute atomic E-state index is 11.5. The molecule has 1 amide bonds. The fraction of sp³-hybridized carbons (Fsp3) is 0.933. The largest absolute Gasteiger partial charge is 0.447 e. The third-order valence-electron chi connectivity index (χ3n) is 2.79. The Morgan fingerprint density at radius 2 is 1.82 bits per heavy atom. The van der Waals surface area contributed by atoms with Crippen LogP contribution in [-0.4, -0.2) is 64.9 Å². The molecule has 0 aliphatic carbocycles. The van der Waals surface area contributed by atoms with Gasteiger partial charge in [0.05, 0.1) is 6.61 Å². The summed E-state index contributed by atoms with van der Waals surface area (Å²) in [5.41, 5.74) is 5.39. The highest BCUT2D eigenvalue weighted by Crippen LogP contribution is 1.96. The summed E-state index contributed by atoms with van der Waals surface area (Å²) in [6, 6.07) is 0. The first kappa shape index (κ1) is 21.1. The van der Waals surface area contributed by atoms with Gasteiger partial charge in [0.1, 0.15) is 12.7 Å². The monoisotopic (exact) mass is 320 g/mol. The zero-order chi connectivity index (χ0) is 16.5. The molecule has 132 valence electrons. The van der Waals surface area contributed by atoms with Crippen LogP contribution in [0.3, 0.4) is 0 Å². The van der Waals surface area contributed by atoms with Crippen molar-refractivity contribution in [3.05, 3.63) is 0 Å². The van der Waals surface area contributed by atoms with Crippen molar-refractivity contribution in [3.63, 3.8) is 0 Å². The molecule has 7 heteroatoms. The van der Waals surface area contributed by atoms with Crippen molar-refractivity contribution < 1.29 is 23.7 Å². The van der Waals surface area contributed by atoms with Crippen LogP contribution < -0.4 is 11.1 Å². The van der Waals surface area contributed by atoms with E-state index in [0.717, 1.165) is 25.9 Å². The average molecular weight is 320 g/mol. The van der Waals surface area contributed by atoms with Crippen molar-refractivity contribution in [2.45, 2.75) is 39.2 Å². The highest BCUT2D eigenvalue weighted by molar-refractivity contribution is 5.67. The van der Waals surface area contributed by atoms with Crippen molar-refractivity contribution in [2.24, 2.45) is 5.73 Å². The molecule has 1 atom stereocenters. The van der Waals surface area contributed by atoms with Gasteiger partial charge in [0.25, 0.3) is 0 Å². The Morgan fingerprint density at radius 3 is 2.50 bits per heavy atom. The molecule has 3 N–H and O–H groups in total. The van der Waals surface area contributed by atoms with Gasteiger partial charge in [-0.2, -0.15) is 0 Å². The van der Waals surface area contributed by atoms with Crippen LogP contribution >= 0.6 is 0 Å². The number of alkyl carbamates (subject to hydrolysis) is 1. The molecule has 0 aromatic rings. The van der Waals surface area contributed by atoms with Crippen LogP contribution in [0.2, 0.25) is 0 Å². The number of nitrogens with two attached hydrogens (primary N) is 1. The molecule has 0 radical (unpaired) electrons. The molecule has 0 aliphatic heterocycles. The van der Waals surface area contributed by atoms with E-state index in [9.17, 15) is 4.79 Å². The Bertz CT molecular complexity index is 254. The van der Waals surface area contributed by atoms with E-state index in [-0.39, 0.29) is 12.7 Å². The van der Waals surface area contributed by atoms with Gasteiger partial charge in [-0.05, 0) is 39.7 Å². The number of nitrogens with one attached hydrogen (secondary N) is 1. The van der Waals surface area contributed by atoms with E-state index < -0.39 is 6.09 Å². The van der Waals surface area contributed by atoms with Gasteiger partial charge in [-0.3, -0.25) is 0 Å². The topological polar surface area (TPSA) is 92.0 Å². The first-order valence-electron chi connectivity index (χ1n) is 8.12. The maximum atomic E-state index is 11.5. The number of amides is 1. The lowest BCUT2D eigenvalue weighted by Crippen LogP contribution is -2.32. The smallest absolute Gasteiger partial charge is 0.407 e. The van der Waals surface area contributed by atoms with Crippen molar-refractivity contribution in [1.82, 2.24) is 5.32 Å². The third kappa shape index (κ3) is 14.1. The highest BCUT2D eigenvalue weighted by atomic mass is 16.6. The van der Waals surface area contributed by atoms with Gasteiger partial charge in [-0.25, -0.2) is 4.79 Å². The van der Waals surface area contributed by atoms with E-state index in [1.807, 2.05) is 13.8 Å². The van der Waals surface area contributed by atoms with Crippen LogP contribution in [0, 0.1) is 0 Å². The summed E-state index contributed by atoms with van der Waals surface area (Å²) in [6.07, 6.45) is 2.05. The minimum Gasteiger partial charge on any atom is -0.447 e. The molecule has 0 saturated carbocycles. The summed E-state index contributed by atoms with van der Waals surface area (Å²) < 4.78 is 21.2. The van der Waals surface area contributed by atoms with E-state index in [2.05, 4.69) is 5.32 Å². The molecule has 0 fully saturated rings. The molecule has 1 unspecified atom stereocenters. The molecule has 0 aliphatic rings. The van der Waals surface area contributed by atoms with Gasteiger partial charge < -0.3 is 30.0 Å². The second kappa shape index (κ2) is 16.5. The van der Waals surface area contributed by atoms with E-state index in [1.165, 1.54) is 0 Å². The summed E-state index contributed by atoms with van der Waals surface area (Å²) in [4.78, 5) is 11.5. The minimum absolute atomic E-state index is 0.190. The fourth-order valence-electron chi connectivity index (χ4n) is 1.66. The van der Waals surface area contributed by atoms with E-state index in [0.29, 0.717) is 39.5 Å². The summed E-state index contributed by atoms with van der Waals surface area (Å²) in [6.45, 7) is 8.16. The molecule has 0 heterocycles. The van der Waals surface area contributed by atoms with Gasteiger partial charge in [-0.15, -0.1) is 0 Å². The Kier molecular flexibility index (Phi) is 15.8. The lowest BCUT2D eigenvalue weighted by atomic mass is 10.3. The normalized spacial score (nSPS) is 12.1. The molecule has 0 aromatic heterocycles. The van der Waals surface area contributed by atoms with E-state index >= 15 is 0 Å². The van der Waals surface area contributed by atoms with Gasteiger partial charge >= 0.3 is 6.09 Å². The Hall–Kier alpha value is -0.890. The molecule has 0 spiro atoms. The summed E-state index contributed by atoms with van der Waals surface area (Å²) in [5.74, 6) is 0. The summed E-state index contributed by atoms with van der Waals surface area (Å²) in [7, 11) is 0. The average Bonchev–Trinajstić information content (AvgIpc) is 2.52. The number of hydrogen-bond donors (Lipinski definition) is 2. The lowest BCUT2D eigenvalue weighted by molar-refractivity contribution is -0.0389. The predicted molar refractivity (Wildman–Crippen MR) is 85.0 cm³/mol. The SMILES string of the molecule is CCOCC(COC(=O)NCCCOCCCCN)OCC. The number of carbonyl (C=O) groups excluding carboxylic acids is 1. The number of carbonyl (C=O) groups is 1. The van der Waals surface area contributed by atoms with Crippen molar-refractivity contribution in [2.75, 3.05) is 52.7 Å². The molecule has 0 bridgehead atoms. The Balaban J connectivity index is 3.50. The zero-order valence-corrected chi connectivity index (χ0v) is 14.0. The van der Waals surface area contributed by atoms with E-state index in [4.69, 9.17) is 24.7 Å². The van der Waals surface area contributed by atoms with Crippen molar-refractivity contribution in [1.29, 1.82) is 0 Å². The third-order valence-corrected chi connectivity index (χ3v) is 2.79.